The number of aliphatic carboxylic acids is 1. The molecule has 0 aromatic carbocycles. The van der Waals surface area contributed by atoms with E-state index in [0.717, 1.165) is 19.3 Å². The number of amides is 1. The van der Waals surface area contributed by atoms with Gasteiger partial charge in [0.2, 0.25) is 5.91 Å². The van der Waals surface area contributed by atoms with Crippen molar-refractivity contribution < 1.29 is 14.7 Å². The number of unbranched alkanes of at least 4 members (excludes halogenated alkanes) is 2. The lowest BCUT2D eigenvalue weighted by atomic mass is 9.98. The molecular formula is C11H17NO3S. The number of carbonyl (C=O) groups excluding carboxylic acids is 1. The topological polar surface area (TPSA) is 57.6 Å². The molecule has 16 heavy (non-hydrogen) atoms. The summed E-state index contributed by atoms with van der Waals surface area (Å²) in [5, 5.41) is 9.48. The van der Waals surface area contributed by atoms with Gasteiger partial charge in [0.15, 0.2) is 0 Å². The molecular weight excluding hydrogens is 226 g/mol. The molecule has 0 saturated carbocycles. The van der Waals surface area contributed by atoms with Crippen LogP contribution in [0, 0.1) is 0 Å². The second-order valence-corrected chi connectivity index (χ2v) is 6.12. The van der Waals surface area contributed by atoms with E-state index >= 15 is 0 Å². The fourth-order valence-corrected chi connectivity index (χ4v) is 3.96. The number of hydrogen-bond donors (Lipinski definition) is 1. The maximum Gasteiger partial charge on any atom is 0.321 e. The van der Waals surface area contributed by atoms with Gasteiger partial charge in [-0.2, -0.15) is 0 Å². The molecule has 1 N–H and O–H groups in total. The molecule has 2 fully saturated rings. The van der Waals surface area contributed by atoms with Crippen LogP contribution in [-0.4, -0.2) is 38.5 Å². The third-order valence-corrected chi connectivity index (χ3v) is 5.03. The monoisotopic (exact) mass is 243 g/mol. The minimum Gasteiger partial charge on any atom is -0.480 e. The van der Waals surface area contributed by atoms with Crippen LogP contribution >= 0.6 is 11.8 Å². The van der Waals surface area contributed by atoms with Crippen LogP contribution in [0.2, 0.25) is 0 Å². The lowest BCUT2D eigenvalue weighted by Crippen LogP contribution is -2.49. The van der Waals surface area contributed by atoms with Crippen molar-refractivity contribution >= 4 is 23.6 Å². The highest BCUT2D eigenvalue weighted by molar-refractivity contribution is 8.02. The summed E-state index contributed by atoms with van der Waals surface area (Å²) in [6.45, 7) is 2.51. The molecule has 0 aromatic rings. The van der Waals surface area contributed by atoms with Crippen LogP contribution in [0.5, 0.6) is 0 Å². The van der Waals surface area contributed by atoms with E-state index in [9.17, 15) is 14.7 Å². The molecule has 2 aliphatic rings. The van der Waals surface area contributed by atoms with E-state index < -0.39 is 10.7 Å². The van der Waals surface area contributed by atoms with Crippen molar-refractivity contribution in [3.8, 4) is 0 Å². The molecule has 0 radical (unpaired) electrons. The highest BCUT2D eigenvalue weighted by atomic mass is 32.2. The maximum absolute atomic E-state index is 11.4. The highest BCUT2D eigenvalue weighted by Crippen LogP contribution is 2.49. The molecule has 1 unspecified atom stereocenters. The summed E-state index contributed by atoms with van der Waals surface area (Å²) in [5.74, 6) is -0.646. The van der Waals surface area contributed by atoms with Gasteiger partial charge in [0, 0.05) is 6.54 Å². The van der Waals surface area contributed by atoms with Gasteiger partial charge in [0.05, 0.1) is 11.8 Å². The predicted molar refractivity (Wildman–Crippen MR) is 62.2 cm³/mol. The Morgan fingerprint density at radius 2 is 2.38 bits per heavy atom. The van der Waals surface area contributed by atoms with E-state index in [1.165, 1.54) is 11.8 Å². The smallest absolute Gasteiger partial charge is 0.321 e. The lowest BCUT2D eigenvalue weighted by molar-refractivity contribution is -0.144. The molecule has 0 aromatic heterocycles. The first-order valence-electron chi connectivity index (χ1n) is 5.80. The zero-order valence-electron chi connectivity index (χ0n) is 9.44. The summed E-state index contributed by atoms with van der Waals surface area (Å²) in [5.41, 5.74) is 0. The van der Waals surface area contributed by atoms with E-state index in [1.807, 2.05) is 0 Å². The molecule has 1 amide bonds. The van der Waals surface area contributed by atoms with E-state index in [1.54, 1.807) is 4.90 Å². The number of fused-ring (bicyclic) bond motifs is 1. The van der Waals surface area contributed by atoms with Crippen molar-refractivity contribution in [3.05, 3.63) is 0 Å². The Labute approximate surface area is 99.4 Å². The molecule has 5 heteroatoms. The highest BCUT2D eigenvalue weighted by Gasteiger charge is 2.56. The van der Waals surface area contributed by atoms with Crippen LogP contribution in [0.15, 0.2) is 0 Å². The van der Waals surface area contributed by atoms with E-state index in [0.29, 0.717) is 19.4 Å². The van der Waals surface area contributed by atoms with Gasteiger partial charge in [0.1, 0.15) is 4.75 Å². The molecule has 2 aliphatic heterocycles. The summed E-state index contributed by atoms with van der Waals surface area (Å²) in [7, 11) is 0. The van der Waals surface area contributed by atoms with Gasteiger partial charge in [-0.25, -0.2) is 0 Å². The molecule has 2 heterocycles. The number of carbonyl (C=O) groups is 2. The second kappa shape index (κ2) is 4.28. The molecule has 2 atom stereocenters. The molecule has 0 spiro atoms. The standard InChI is InChI=1S/C11H17NO3S/c1-2-3-4-5-11(10(14)15)7-12-8(13)6-9(12)16-11/h9H,2-7H2,1H3,(H,14,15)/t9-,11?/m1/s1. The van der Waals surface area contributed by atoms with Crippen LogP contribution in [0.3, 0.4) is 0 Å². The quantitative estimate of drug-likeness (QED) is 0.590. The Kier molecular flexibility index (Phi) is 3.15. The van der Waals surface area contributed by atoms with Crippen molar-refractivity contribution in [2.75, 3.05) is 6.54 Å². The van der Waals surface area contributed by atoms with Crippen LogP contribution < -0.4 is 0 Å². The Morgan fingerprint density at radius 1 is 1.62 bits per heavy atom. The fourth-order valence-electron chi connectivity index (χ4n) is 2.32. The van der Waals surface area contributed by atoms with E-state index in [-0.39, 0.29) is 11.3 Å². The van der Waals surface area contributed by atoms with Gasteiger partial charge in [-0.3, -0.25) is 9.59 Å². The van der Waals surface area contributed by atoms with Gasteiger partial charge < -0.3 is 10.0 Å². The summed E-state index contributed by atoms with van der Waals surface area (Å²) in [6.07, 6.45) is 4.29. The minimum absolute atomic E-state index is 0.108. The summed E-state index contributed by atoms with van der Waals surface area (Å²) in [6, 6.07) is 0. The van der Waals surface area contributed by atoms with Gasteiger partial charge in [0.25, 0.3) is 0 Å². The molecule has 4 nitrogen and oxygen atoms in total. The van der Waals surface area contributed by atoms with Crippen molar-refractivity contribution in [1.82, 2.24) is 4.90 Å². The Bertz CT molecular complexity index is 320. The molecule has 0 aliphatic carbocycles. The Balaban J connectivity index is 2.01. The molecule has 2 saturated heterocycles. The molecule has 0 bridgehead atoms. The molecule has 90 valence electrons. The van der Waals surface area contributed by atoms with Crippen LogP contribution in [0.4, 0.5) is 0 Å². The third kappa shape index (κ3) is 1.81. The minimum atomic E-state index is -0.754. The first-order chi connectivity index (χ1) is 7.59. The van der Waals surface area contributed by atoms with Crippen LogP contribution in [0.25, 0.3) is 0 Å². The van der Waals surface area contributed by atoms with Crippen molar-refractivity contribution in [2.24, 2.45) is 0 Å². The second-order valence-electron chi connectivity index (χ2n) is 4.55. The van der Waals surface area contributed by atoms with Gasteiger partial charge >= 0.3 is 5.97 Å². The number of hydrogen-bond acceptors (Lipinski definition) is 3. The number of carboxylic acid groups (broad SMARTS) is 1. The zero-order valence-corrected chi connectivity index (χ0v) is 10.3. The number of nitrogens with zero attached hydrogens (tertiary/aromatic N) is 1. The largest absolute Gasteiger partial charge is 0.480 e. The number of carboxylic acids is 1. The summed E-state index contributed by atoms with van der Waals surface area (Å²) in [4.78, 5) is 24.4. The van der Waals surface area contributed by atoms with Gasteiger partial charge in [-0.1, -0.05) is 26.2 Å². The first-order valence-corrected chi connectivity index (χ1v) is 6.68. The van der Waals surface area contributed by atoms with Crippen LogP contribution in [0.1, 0.15) is 39.0 Å². The average Bonchev–Trinajstić information content (AvgIpc) is 2.54. The summed E-state index contributed by atoms with van der Waals surface area (Å²) >= 11 is 1.48. The number of β-lactam (4-membered cyclic amide) rings is 1. The fraction of sp³-hybridized carbons (Fsp3) is 0.818. The van der Waals surface area contributed by atoms with Gasteiger partial charge in [-0.15, -0.1) is 11.8 Å². The first kappa shape index (κ1) is 11.8. The predicted octanol–water partition coefficient (Wildman–Crippen LogP) is 1.70. The SMILES string of the molecule is CCCCCC1(C(=O)O)CN2C(=O)C[C@H]2S1. The lowest BCUT2D eigenvalue weighted by Gasteiger charge is -2.32. The maximum atomic E-state index is 11.4. The van der Waals surface area contributed by atoms with Crippen molar-refractivity contribution in [1.29, 1.82) is 0 Å². The number of rotatable bonds is 5. The third-order valence-electron chi connectivity index (χ3n) is 3.38. The molecule has 2 rings (SSSR count). The summed E-state index contributed by atoms with van der Waals surface area (Å²) < 4.78 is -0.730. The Hall–Kier alpha value is -0.710. The van der Waals surface area contributed by atoms with Crippen molar-refractivity contribution in [2.45, 2.75) is 49.1 Å². The van der Waals surface area contributed by atoms with Crippen LogP contribution in [-0.2, 0) is 9.59 Å². The van der Waals surface area contributed by atoms with E-state index in [4.69, 9.17) is 0 Å². The number of thioether (sulfide) groups is 1. The van der Waals surface area contributed by atoms with Gasteiger partial charge in [-0.05, 0) is 6.42 Å². The average molecular weight is 243 g/mol. The normalized spacial score (nSPS) is 32.4. The van der Waals surface area contributed by atoms with E-state index in [2.05, 4.69) is 6.92 Å². The van der Waals surface area contributed by atoms with Crippen molar-refractivity contribution in [3.63, 3.8) is 0 Å². The zero-order chi connectivity index (χ0) is 11.8. The Morgan fingerprint density at radius 3 is 2.88 bits per heavy atom.